The van der Waals surface area contributed by atoms with E-state index in [2.05, 4.69) is 10.2 Å². The highest BCUT2D eigenvalue weighted by Gasteiger charge is 2.24. The first-order valence-corrected chi connectivity index (χ1v) is 11.6. The number of benzene rings is 1. The van der Waals surface area contributed by atoms with Crippen LogP contribution in [0, 0.1) is 0 Å². The van der Waals surface area contributed by atoms with Crippen LogP contribution in [0.3, 0.4) is 0 Å². The molecule has 0 amide bonds. The van der Waals surface area contributed by atoms with Crippen LogP contribution in [0.4, 0.5) is 0 Å². The van der Waals surface area contributed by atoms with Gasteiger partial charge in [0, 0.05) is 31.5 Å². The number of rotatable bonds is 11. The van der Waals surface area contributed by atoms with Crippen molar-refractivity contribution in [2.45, 2.75) is 36.9 Å². The fourth-order valence-electron chi connectivity index (χ4n) is 2.92. The lowest BCUT2D eigenvalue weighted by Crippen LogP contribution is -2.30. The van der Waals surface area contributed by atoms with Crippen LogP contribution in [0.2, 0.25) is 0 Å². The Morgan fingerprint density at radius 2 is 2.00 bits per heavy atom. The molecule has 1 atom stereocenters. The molecule has 0 N–H and O–H groups in total. The van der Waals surface area contributed by atoms with Gasteiger partial charge in [-0.2, -0.15) is 4.31 Å². The molecule has 1 heterocycles. The third-order valence-corrected chi connectivity index (χ3v) is 7.23. The van der Waals surface area contributed by atoms with Crippen LogP contribution >= 0.6 is 11.8 Å². The normalized spacial score (nSPS) is 13.0. The minimum atomic E-state index is -3.63. The van der Waals surface area contributed by atoms with Crippen molar-refractivity contribution in [3.8, 4) is 11.4 Å². The van der Waals surface area contributed by atoms with E-state index in [9.17, 15) is 18.3 Å². The van der Waals surface area contributed by atoms with Gasteiger partial charge in [0.05, 0.1) is 23.5 Å². The summed E-state index contributed by atoms with van der Waals surface area (Å²) in [6.45, 7) is 6.54. The van der Waals surface area contributed by atoms with Crippen LogP contribution in [0.5, 0.6) is 0 Å². The molecule has 1 aromatic carbocycles. The van der Waals surface area contributed by atoms with Gasteiger partial charge >= 0.3 is 0 Å². The average Bonchev–Trinajstić information content (AvgIpc) is 3.11. The zero-order valence-electron chi connectivity index (χ0n) is 16.9. The van der Waals surface area contributed by atoms with E-state index in [1.807, 2.05) is 6.92 Å². The maximum Gasteiger partial charge on any atom is 0.243 e. The van der Waals surface area contributed by atoms with E-state index < -0.39 is 16.0 Å². The average molecular weight is 442 g/mol. The first-order valence-electron chi connectivity index (χ1n) is 9.13. The molecule has 2 rings (SSSR count). The minimum Gasteiger partial charge on any atom is -0.549 e. The highest BCUT2D eigenvalue weighted by Crippen LogP contribution is 2.29. The van der Waals surface area contributed by atoms with Crippen molar-refractivity contribution in [3.05, 3.63) is 24.3 Å². The standard InChI is InChI=1S/C18H26N4O5S2/c1-5-21(6-2)29(25,26)15-9-7-8-14(10-15)17-19-20-18(28-12-16(23)24)22(17)13(3)11-27-4/h7-10,13H,5-6,11-12H2,1-4H3,(H,23,24)/p-1/t13-/m1/s1. The second kappa shape index (κ2) is 10.2. The predicted molar refractivity (Wildman–Crippen MR) is 108 cm³/mol. The van der Waals surface area contributed by atoms with Gasteiger partial charge in [0.15, 0.2) is 11.0 Å². The molecule has 0 aliphatic heterocycles. The molecule has 0 aliphatic rings. The number of hydrogen-bond donors (Lipinski definition) is 0. The van der Waals surface area contributed by atoms with Crippen LogP contribution in [0.25, 0.3) is 11.4 Å². The highest BCUT2D eigenvalue weighted by molar-refractivity contribution is 7.99. The van der Waals surface area contributed by atoms with Crippen molar-refractivity contribution < 1.29 is 23.1 Å². The number of hydrogen-bond acceptors (Lipinski definition) is 8. The van der Waals surface area contributed by atoms with Crippen molar-refractivity contribution in [2.75, 3.05) is 32.6 Å². The molecule has 0 bridgehead atoms. The molecule has 29 heavy (non-hydrogen) atoms. The fourth-order valence-corrected chi connectivity index (χ4v) is 5.17. The molecule has 0 fully saturated rings. The van der Waals surface area contributed by atoms with E-state index in [0.717, 1.165) is 11.8 Å². The van der Waals surface area contributed by atoms with Gasteiger partial charge in [-0.25, -0.2) is 8.42 Å². The minimum absolute atomic E-state index is 0.164. The van der Waals surface area contributed by atoms with Gasteiger partial charge in [-0.3, -0.25) is 4.57 Å². The number of aliphatic carboxylic acids is 1. The van der Waals surface area contributed by atoms with Gasteiger partial charge in [0.25, 0.3) is 0 Å². The molecule has 0 saturated carbocycles. The maximum atomic E-state index is 12.9. The van der Waals surface area contributed by atoms with Crippen LogP contribution < -0.4 is 5.11 Å². The maximum absolute atomic E-state index is 12.9. The summed E-state index contributed by atoms with van der Waals surface area (Å²) < 4.78 is 34.1. The third kappa shape index (κ3) is 5.35. The van der Waals surface area contributed by atoms with Crippen LogP contribution in [-0.4, -0.2) is 66.0 Å². The van der Waals surface area contributed by atoms with Crippen molar-refractivity contribution in [2.24, 2.45) is 0 Å². The van der Waals surface area contributed by atoms with Crippen molar-refractivity contribution in [3.63, 3.8) is 0 Å². The summed E-state index contributed by atoms with van der Waals surface area (Å²) in [5.41, 5.74) is 0.564. The number of sulfonamides is 1. The van der Waals surface area contributed by atoms with Crippen LogP contribution in [0.1, 0.15) is 26.8 Å². The quantitative estimate of drug-likeness (QED) is 0.475. The topological polar surface area (TPSA) is 117 Å². The lowest BCUT2D eigenvalue weighted by Gasteiger charge is -2.20. The number of ether oxygens (including phenoxy) is 1. The largest absolute Gasteiger partial charge is 0.549 e. The first-order chi connectivity index (χ1) is 13.8. The first kappa shape index (κ1) is 23.3. The van der Waals surface area contributed by atoms with Gasteiger partial charge in [0.2, 0.25) is 10.0 Å². The lowest BCUT2D eigenvalue weighted by atomic mass is 10.2. The second-order valence-corrected chi connectivity index (χ2v) is 9.14. The van der Waals surface area contributed by atoms with E-state index in [0.29, 0.717) is 36.2 Å². The summed E-state index contributed by atoms with van der Waals surface area (Å²) in [6.07, 6.45) is 0. The Labute approximate surface area is 175 Å². The van der Waals surface area contributed by atoms with Gasteiger partial charge < -0.3 is 14.6 Å². The molecule has 160 valence electrons. The van der Waals surface area contributed by atoms with Crippen molar-refractivity contribution in [1.29, 1.82) is 0 Å². The Morgan fingerprint density at radius 3 is 2.59 bits per heavy atom. The van der Waals surface area contributed by atoms with Gasteiger partial charge in [-0.1, -0.05) is 37.7 Å². The monoisotopic (exact) mass is 441 g/mol. The summed E-state index contributed by atoms with van der Waals surface area (Å²) in [5, 5.41) is 19.5. The summed E-state index contributed by atoms with van der Waals surface area (Å²) in [4.78, 5) is 11.0. The Kier molecular flexibility index (Phi) is 8.20. The molecule has 0 unspecified atom stereocenters. The molecule has 0 spiro atoms. The van der Waals surface area contributed by atoms with Gasteiger partial charge in [0.1, 0.15) is 0 Å². The van der Waals surface area contributed by atoms with E-state index >= 15 is 0 Å². The zero-order chi connectivity index (χ0) is 21.6. The Bertz CT molecular complexity index is 941. The lowest BCUT2D eigenvalue weighted by molar-refractivity contribution is -0.301. The summed E-state index contributed by atoms with van der Waals surface area (Å²) >= 11 is 0.992. The zero-order valence-corrected chi connectivity index (χ0v) is 18.5. The summed E-state index contributed by atoms with van der Waals surface area (Å²) in [6, 6.07) is 6.30. The van der Waals surface area contributed by atoms with Crippen molar-refractivity contribution in [1.82, 2.24) is 19.1 Å². The number of aromatic nitrogens is 3. The van der Waals surface area contributed by atoms with E-state index in [1.165, 1.54) is 4.31 Å². The molecule has 9 nitrogen and oxygen atoms in total. The molecule has 1 aromatic heterocycles. The van der Waals surface area contributed by atoms with Crippen LogP contribution in [0.15, 0.2) is 34.3 Å². The van der Waals surface area contributed by atoms with E-state index in [-0.39, 0.29) is 16.7 Å². The van der Waals surface area contributed by atoms with Crippen LogP contribution in [-0.2, 0) is 19.6 Å². The number of carbonyl (C=O) groups excluding carboxylic acids is 1. The van der Waals surface area contributed by atoms with Crippen molar-refractivity contribution >= 4 is 27.8 Å². The SMILES string of the molecule is CCN(CC)S(=O)(=O)c1cccc(-c2nnc(SCC(=O)[O-])n2[C@H](C)COC)c1. The third-order valence-electron chi connectivity index (χ3n) is 4.27. The van der Waals surface area contributed by atoms with Gasteiger partial charge in [-0.05, 0) is 19.1 Å². The molecule has 0 saturated heterocycles. The fraction of sp³-hybridized carbons (Fsp3) is 0.500. The number of carboxylic acid groups (broad SMARTS) is 1. The number of methoxy groups -OCH3 is 1. The highest BCUT2D eigenvalue weighted by atomic mass is 32.2. The Morgan fingerprint density at radius 1 is 1.31 bits per heavy atom. The number of nitrogens with zero attached hydrogens (tertiary/aromatic N) is 4. The van der Waals surface area contributed by atoms with Gasteiger partial charge in [-0.15, -0.1) is 10.2 Å². The molecule has 11 heteroatoms. The Hall–Kier alpha value is -1.95. The molecular weight excluding hydrogens is 416 g/mol. The number of thioether (sulfide) groups is 1. The van der Waals surface area contributed by atoms with E-state index in [1.54, 1.807) is 49.8 Å². The molecular formula is C18H25N4O5S2-. The Balaban J connectivity index is 2.53. The molecule has 0 radical (unpaired) electrons. The molecule has 0 aliphatic carbocycles. The smallest absolute Gasteiger partial charge is 0.243 e. The predicted octanol–water partition coefficient (Wildman–Crippen LogP) is 1.03. The molecule has 2 aromatic rings. The summed E-state index contributed by atoms with van der Waals surface area (Å²) in [7, 11) is -2.07. The van der Waals surface area contributed by atoms with E-state index in [4.69, 9.17) is 4.74 Å². The number of carbonyl (C=O) groups is 1. The number of carboxylic acids is 1. The summed E-state index contributed by atoms with van der Waals surface area (Å²) in [5.74, 6) is -1.04. The second-order valence-electron chi connectivity index (χ2n) is 6.26.